The number of hydrazone groups is 1. The van der Waals surface area contributed by atoms with Crippen molar-refractivity contribution in [3.05, 3.63) is 94.5 Å². The minimum Gasteiger partial charge on any atom is -0.490 e. The average molecular weight is 409 g/mol. The van der Waals surface area contributed by atoms with E-state index >= 15 is 0 Å². The molecule has 0 saturated heterocycles. The summed E-state index contributed by atoms with van der Waals surface area (Å²) in [6.45, 7) is 2.73. The third kappa shape index (κ3) is 5.83. The largest absolute Gasteiger partial charge is 0.490 e. The molecular weight excluding hydrogens is 388 g/mol. The number of rotatable bonds is 8. The Labute approximate surface area is 174 Å². The second-order valence-corrected chi connectivity index (χ2v) is 6.49. The summed E-state index contributed by atoms with van der Waals surface area (Å²) in [7, 11) is 0. The first-order valence-electron chi connectivity index (χ1n) is 9.19. The molecule has 148 valence electrons. The summed E-state index contributed by atoms with van der Waals surface area (Å²) in [5.41, 5.74) is 4.72. The fourth-order valence-electron chi connectivity index (χ4n) is 2.58. The molecule has 0 spiro atoms. The van der Waals surface area contributed by atoms with Crippen molar-refractivity contribution in [1.82, 2.24) is 5.43 Å². The van der Waals surface area contributed by atoms with E-state index in [2.05, 4.69) is 10.5 Å². The number of carbonyl (C=O) groups is 1. The maximum Gasteiger partial charge on any atom is 0.271 e. The van der Waals surface area contributed by atoms with Gasteiger partial charge in [-0.15, -0.1) is 0 Å². The molecule has 3 aromatic rings. The zero-order chi connectivity index (χ0) is 20.5. The van der Waals surface area contributed by atoms with Gasteiger partial charge in [0.05, 0.1) is 12.8 Å². The highest BCUT2D eigenvalue weighted by molar-refractivity contribution is 6.31. The van der Waals surface area contributed by atoms with E-state index in [1.807, 2.05) is 55.5 Å². The number of nitrogens with one attached hydrogen (secondary N) is 1. The normalized spacial score (nSPS) is 10.7. The number of halogens is 1. The van der Waals surface area contributed by atoms with Crippen LogP contribution in [0.5, 0.6) is 11.5 Å². The van der Waals surface area contributed by atoms with E-state index < -0.39 is 0 Å². The number of benzene rings is 3. The van der Waals surface area contributed by atoms with Gasteiger partial charge >= 0.3 is 0 Å². The second-order valence-electron chi connectivity index (χ2n) is 6.08. The number of ether oxygens (including phenoxy) is 2. The van der Waals surface area contributed by atoms with Gasteiger partial charge in [0, 0.05) is 16.1 Å². The van der Waals surface area contributed by atoms with Gasteiger partial charge < -0.3 is 9.47 Å². The van der Waals surface area contributed by atoms with Gasteiger partial charge in [-0.1, -0.05) is 48.0 Å². The van der Waals surface area contributed by atoms with E-state index in [0.29, 0.717) is 35.3 Å². The standard InChI is InChI=1S/C23H21ClN2O3/c1-2-28-22-14-17(15-25-26-23(27)18-8-4-3-5-9-18)12-13-21(22)29-16-19-10-6-7-11-20(19)24/h3-15H,2,16H2,1H3,(H,26,27). The summed E-state index contributed by atoms with van der Waals surface area (Å²) >= 11 is 6.18. The molecule has 0 heterocycles. The van der Waals surface area contributed by atoms with Gasteiger partial charge in [-0.25, -0.2) is 5.43 Å². The minimum atomic E-state index is -0.272. The Morgan fingerprint density at radius 3 is 2.52 bits per heavy atom. The highest BCUT2D eigenvalue weighted by Gasteiger charge is 2.08. The van der Waals surface area contributed by atoms with Gasteiger partial charge in [-0.05, 0) is 48.9 Å². The lowest BCUT2D eigenvalue weighted by atomic mass is 10.2. The Morgan fingerprint density at radius 1 is 1.00 bits per heavy atom. The van der Waals surface area contributed by atoms with Crippen LogP contribution >= 0.6 is 11.6 Å². The van der Waals surface area contributed by atoms with E-state index in [0.717, 1.165) is 11.1 Å². The van der Waals surface area contributed by atoms with Crippen molar-refractivity contribution in [2.45, 2.75) is 13.5 Å². The monoisotopic (exact) mass is 408 g/mol. The third-order valence-electron chi connectivity index (χ3n) is 4.02. The number of amides is 1. The molecule has 0 aliphatic heterocycles. The molecule has 0 aliphatic rings. The molecule has 6 heteroatoms. The fraction of sp³-hybridized carbons (Fsp3) is 0.130. The molecule has 0 aliphatic carbocycles. The van der Waals surface area contributed by atoms with Crippen LogP contribution in [0.25, 0.3) is 0 Å². The lowest BCUT2D eigenvalue weighted by molar-refractivity contribution is 0.0955. The first-order valence-corrected chi connectivity index (χ1v) is 9.56. The molecule has 0 bridgehead atoms. The molecule has 0 aromatic heterocycles. The number of hydrogen-bond acceptors (Lipinski definition) is 4. The molecule has 0 saturated carbocycles. The molecule has 29 heavy (non-hydrogen) atoms. The van der Waals surface area contributed by atoms with Crippen LogP contribution in [0.4, 0.5) is 0 Å². The van der Waals surface area contributed by atoms with Crippen LogP contribution in [-0.4, -0.2) is 18.7 Å². The summed E-state index contributed by atoms with van der Waals surface area (Å²) in [5, 5.41) is 4.67. The highest BCUT2D eigenvalue weighted by Crippen LogP contribution is 2.29. The van der Waals surface area contributed by atoms with Gasteiger partial charge in [0.15, 0.2) is 11.5 Å². The van der Waals surface area contributed by atoms with Crippen molar-refractivity contribution < 1.29 is 14.3 Å². The zero-order valence-corrected chi connectivity index (χ0v) is 16.7. The number of nitrogens with zero attached hydrogens (tertiary/aromatic N) is 1. The Morgan fingerprint density at radius 2 is 1.76 bits per heavy atom. The summed E-state index contributed by atoms with van der Waals surface area (Å²) < 4.78 is 11.6. The van der Waals surface area contributed by atoms with E-state index in [-0.39, 0.29) is 5.91 Å². The summed E-state index contributed by atoms with van der Waals surface area (Å²) in [6, 6.07) is 21.9. The van der Waals surface area contributed by atoms with Crippen molar-refractivity contribution in [3.8, 4) is 11.5 Å². The van der Waals surface area contributed by atoms with E-state index in [1.165, 1.54) is 0 Å². The molecular formula is C23H21ClN2O3. The van der Waals surface area contributed by atoms with Crippen LogP contribution in [0.2, 0.25) is 5.02 Å². The lowest BCUT2D eigenvalue weighted by Gasteiger charge is -2.13. The van der Waals surface area contributed by atoms with Crippen LogP contribution in [0, 0.1) is 0 Å². The Kier molecular flexibility index (Phi) is 7.25. The molecule has 5 nitrogen and oxygen atoms in total. The van der Waals surface area contributed by atoms with Crippen molar-refractivity contribution in [1.29, 1.82) is 0 Å². The van der Waals surface area contributed by atoms with Crippen molar-refractivity contribution in [2.24, 2.45) is 5.10 Å². The van der Waals surface area contributed by atoms with Gasteiger partial charge in [0.1, 0.15) is 6.61 Å². The lowest BCUT2D eigenvalue weighted by Crippen LogP contribution is -2.17. The fourth-order valence-corrected chi connectivity index (χ4v) is 2.77. The van der Waals surface area contributed by atoms with Crippen molar-refractivity contribution in [2.75, 3.05) is 6.61 Å². The van der Waals surface area contributed by atoms with Crippen LogP contribution < -0.4 is 14.9 Å². The van der Waals surface area contributed by atoms with Gasteiger partial charge in [-0.2, -0.15) is 5.10 Å². The average Bonchev–Trinajstić information content (AvgIpc) is 2.75. The van der Waals surface area contributed by atoms with E-state index in [1.54, 1.807) is 30.5 Å². The molecule has 0 unspecified atom stereocenters. The summed E-state index contributed by atoms with van der Waals surface area (Å²) in [4.78, 5) is 12.0. The van der Waals surface area contributed by atoms with E-state index in [9.17, 15) is 4.79 Å². The van der Waals surface area contributed by atoms with Gasteiger partial charge in [-0.3, -0.25) is 4.79 Å². The molecule has 1 amide bonds. The maximum absolute atomic E-state index is 12.0. The van der Waals surface area contributed by atoms with Crippen molar-refractivity contribution >= 4 is 23.7 Å². The van der Waals surface area contributed by atoms with Crippen LogP contribution in [0.15, 0.2) is 77.9 Å². The Hall–Kier alpha value is -3.31. The van der Waals surface area contributed by atoms with E-state index in [4.69, 9.17) is 21.1 Å². The molecule has 3 rings (SSSR count). The number of carbonyl (C=O) groups excluding carboxylic acids is 1. The predicted molar refractivity (Wildman–Crippen MR) is 115 cm³/mol. The molecule has 3 aromatic carbocycles. The first kappa shape index (κ1) is 20.4. The summed E-state index contributed by atoms with van der Waals surface area (Å²) in [6.07, 6.45) is 1.56. The van der Waals surface area contributed by atoms with Crippen LogP contribution in [0.3, 0.4) is 0 Å². The van der Waals surface area contributed by atoms with Crippen LogP contribution in [-0.2, 0) is 6.61 Å². The zero-order valence-electron chi connectivity index (χ0n) is 16.0. The van der Waals surface area contributed by atoms with Crippen LogP contribution in [0.1, 0.15) is 28.4 Å². The third-order valence-corrected chi connectivity index (χ3v) is 4.39. The smallest absolute Gasteiger partial charge is 0.271 e. The second kappa shape index (κ2) is 10.3. The topological polar surface area (TPSA) is 59.9 Å². The van der Waals surface area contributed by atoms with Crippen molar-refractivity contribution in [3.63, 3.8) is 0 Å². The Balaban J connectivity index is 1.67. The first-order chi connectivity index (χ1) is 14.2. The quantitative estimate of drug-likeness (QED) is 0.417. The molecule has 0 radical (unpaired) electrons. The molecule has 0 atom stereocenters. The van der Waals surface area contributed by atoms with Gasteiger partial charge in [0.2, 0.25) is 0 Å². The minimum absolute atomic E-state index is 0.272. The molecule has 0 fully saturated rings. The molecule has 1 N–H and O–H groups in total. The maximum atomic E-state index is 12.0. The predicted octanol–water partition coefficient (Wildman–Crippen LogP) is 5.08. The Bertz CT molecular complexity index is 990. The SMILES string of the molecule is CCOc1cc(C=NNC(=O)c2ccccc2)ccc1OCc1ccccc1Cl. The number of hydrogen-bond donors (Lipinski definition) is 1. The highest BCUT2D eigenvalue weighted by atomic mass is 35.5. The summed E-state index contributed by atoms with van der Waals surface area (Å²) in [5.74, 6) is 0.932. The van der Waals surface area contributed by atoms with Gasteiger partial charge in [0.25, 0.3) is 5.91 Å².